The van der Waals surface area contributed by atoms with E-state index in [9.17, 15) is 9.18 Å². The van der Waals surface area contributed by atoms with E-state index in [1.54, 1.807) is 18.2 Å². The summed E-state index contributed by atoms with van der Waals surface area (Å²) < 4.78 is 24.4. The fourth-order valence-corrected chi connectivity index (χ4v) is 2.77. The minimum atomic E-state index is -0.348. The second kappa shape index (κ2) is 9.20. The number of halogens is 1. The lowest BCUT2D eigenvalue weighted by molar-refractivity contribution is -0.0109. The Morgan fingerprint density at radius 2 is 1.96 bits per heavy atom. The summed E-state index contributed by atoms with van der Waals surface area (Å²) in [7, 11) is 0. The van der Waals surface area contributed by atoms with E-state index in [4.69, 9.17) is 9.47 Å². The molecule has 0 bridgehead atoms. The highest BCUT2D eigenvalue weighted by Crippen LogP contribution is 2.25. The van der Waals surface area contributed by atoms with Crippen LogP contribution in [0.3, 0.4) is 0 Å². The van der Waals surface area contributed by atoms with Gasteiger partial charge in [0.25, 0.3) is 0 Å². The number of urea groups is 1. The maximum atomic E-state index is 12.9. The van der Waals surface area contributed by atoms with Gasteiger partial charge in [0.1, 0.15) is 18.2 Å². The van der Waals surface area contributed by atoms with Gasteiger partial charge in [0.2, 0.25) is 0 Å². The summed E-state index contributed by atoms with van der Waals surface area (Å²) in [4.78, 5) is 12.1. The molecule has 1 unspecified atom stereocenters. The van der Waals surface area contributed by atoms with Crippen LogP contribution in [-0.2, 0) is 11.3 Å². The summed E-state index contributed by atoms with van der Waals surface area (Å²) in [5.74, 6) is 0.310. The summed E-state index contributed by atoms with van der Waals surface area (Å²) >= 11 is 0. The van der Waals surface area contributed by atoms with E-state index in [2.05, 4.69) is 10.6 Å². The van der Waals surface area contributed by atoms with Crippen LogP contribution in [0.2, 0.25) is 0 Å². The van der Waals surface area contributed by atoms with Crippen LogP contribution in [0.5, 0.6) is 5.75 Å². The first-order valence-electron chi connectivity index (χ1n) is 8.83. The average Bonchev–Trinajstić information content (AvgIpc) is 2.68. The minimum Gasteiger partial charge on any atom is -0.489 e. The molecule has 1 aliphatic rings. The van der Waals surface area contributed by atoms with Gasteiger partial charge in [-0.05, 0) is 49.1 Å². The number of amides is 2. The van der Waals surface area contributed by atoms with Gasteiger partial charge in [-0.2, -0.15) is 0 Å². The van der Waals surface area contributed by atoms with Crippen LogP contribution in [0.15, 0.2) is 48.5 Å². The first kappa shape index (κ1) is 18.2. The monoisotopic (exact) mass is 358 g/mol. The van der Waals surface area contributed by atoms with Crippen molar-refractivity contribution in [3.05, 3.63) is 59.9 Å². The van der Waals surface area contributed by atoms with Crippen molar-refractivity contribution < 1.29 is 18.7 Å². The number of para-hydroxylation sites is 2. The number of ether oxygens (including phenoxy) is 2. The predicted molar refractivity (Wildman–Crippen MR) is 97.8 cm³/mol. The third kappa shape index (κ3) is 5.46. The van der Waals surface area contributed by atoms with E-state index >= 15 is 0 Å². The Morgan fingerprint density at radius 1 is 1.15 bits per heavy atom. The highest BCUT2D eigenvalue weighted by molar-refractivity contribution is 5.90. The van der Waals surface area contributed by atoms with Crippen LogP contribution in [0, 0.1) is 5.82 Å². The fraction of sp³-hybridized carbons (Fsp3) is 0.350. The lowest BCUT2D eigenvalue weighted by atomic mass is 10.1. The molecule has 2 N–H and O–H groups in total. The van der Waals surface area contributed by atoms with Crippen LogP contribution in [0.1, 0.15) is 24.8 Å². The molecular formula is C20H23FN2O3. The zero-order chi connectivity index (χ0) is 18.2. The smallest absolute Gasteiger partial charge is 0.319 e. The van der Waals surface area contributed by atoms with Gasteiger partial charge >= 0.3 is 6.03 Å². The van der Waals surface area contributed by atoms with E-state index in [0.717, 1.165) is 31.4 Å². The zero-order valence-corrected chi connectivity index (χ0v) is 14.5. The number of carbonyl (C=O) groups is 1. The Morgan fingerprint density at radius 3 is 2.73 bits per heavy atom. The highest BCUT2D eigenvalue weighted by atomic mass is 19.1. The summed E-state index contributed by atoms with van der Waals surface area (Å²) in [6.45, 7) is 1.56. The van der Waals surface area contributed by atoms with Crippen molar-refractivity contribution in [2.75, 3.05) is 18.5 Å². The predicted octanol–water partition coefficient (Wildman–Crippen LogP) is 4.10. The van der Waals surface area contributed by atoms with E-state index in [0.29, 0.717) is 24.6 Å². The molecule has 0 spiro atoms. The molecule has 138 valence electrons. The molecule has 1 fully saturated rings. The van der Waals surface area contributed by atoms with E-state index in [-0.39, 0.29) is 18.0 Å². The standard InChI is InChI=1S/C20H23FN2O3/c21-16-10-8-15(9-11-16)13-22-20(24)23-18-6-1-2-7-19(18)26-14-17-5-3-4-12-25-17/h1-2,6-11,17H,3-5,12-14H2,(H2,22,23,24). The third-order valence-electron chi connectivity index (χ3n) is 4.20. The van der Waals surface area contributed by atoms with Crippen LogP contribution in [0.4, 0.5) is 14.9 Å². The highest BCUT2D eigenvalue weighted by Gasteiger charge is 2.15. The molecule has 0 aromatic heterocycles. The largest absolute Gasteiger partial charge is 0.489 e. The Labute approximate surface area is 152 Å². The summed E-state index contributed by atoms with van der Waals surface area (Å²) in [5.41, 5.74) is 1.42. The van der Waals surface area contributed by atoms with Crippen molar-refractivity contribution in [2.24, 2.45) is 0 Å². The molecule has 0 saturated carbocycles. The topological polar surface area (TPSA) is 59.6 Å². The van der Waals surface area contributed by atoms with Crippen molar-refractivity contribution in [1.82, 2.24) is 5.32 Å². The molecule has 2 aromatic rings. The fourth-order valence-electron chi connectivity index (χ4n) is 2.77. The number of benzene rings is 2. The maximum absolute atomic E-state index is 12.9. The van der Waals surface area contributed by atoms with Gasteiger partial charge in [0.15, 0.2) is 0 Å². The number of carbonyl (C=O) groups excluding carboxylic acids is 1. The van der Waals surface area contributed by atoms with Crippen LogP contribution >= 0.6 is 0 Å². The van der Waals surface area contributed by atoms with E-state index in [1.807, 2.05) is 18.2 Å². The first-order chi connectivity index (χ1) is 12.7. The van der Waals surface area contributed by atoms with Gasteiger partial charge in [0, 0.05) is 13.2 Å². The average molecular weight is 358 g/mol. The van der Waals surface area contributed by atoms with Crippen molar-refractivity contribution in [3.8, 4) is 5.75 Å². The van der Waals surface area contributed by atoms with Gasteiger partial charge in [0.05, 0.1) is 11.8 Å². The molecule has 3 rings (SSSR count). The molecule has 0 radical (unpaired) electrons. The minimum absolute atomic E-state index is 0.101. The number of rotatable bonds is 6. The van der Waals surface area contributed by atoms with Crippen molar-refractivity contribution in [2.45, 2.75) is 31.9 Å². The van der Waals surface area contributed by atoms with Crippen molar-refractivity contribution in [3.63, 3.8) is 0 Å². The van der Waals surface area contributed by atoms with E-state index in [1.165, 1.54) is 12.1 Å². The van der Waals surface area contributed by atoms with Crippen molar-refractivity contribution >= 4 is 11.7 Å². The van der Waals surface area contributed by atoms with Gasteiger partial charge in [-0.1, -0.05) is 24.3 Å². The lowest BCUT2D eigenvalue weighted by Crippen LogP contribution is -2.29. The normalized spacial score (nSPS) is 16.7. The maximum Gasteiger partial charge on any atom is 0.319 e. The Kier molecular flexibility index (Phi) is 6.44. The molecule has 0 aliphatic carbocycles. The summed E-state index contributed by atoms with van der Waals surface area (Å²) in [5, 5.41) is 5.54. The van der Waals surface area contributed by atoms with Crippen molar-refractivity contribution in [1.29, 1.82) is 0 Å². The van der Waals surface area contributed by atoms with Crippen LogP contribution < -0.4 is 15.4 Å². The third-order valence-corrected chi connectivity index (χ3v) is 4.20. The second-order valence-corrected chi connectivity index (χ2v) is 6.23. The van der Waals surface area contributed by atoms with Gasteiger partial charge < -0.3 is 20.1 Å². The Bertz CT molecular complexity index is 715. The molecule has 1 saturated heterocycles. The number of hydrogen-bond donors (Lipinski definition) is 2. The SMILES string of the molecule is O=C(NCc1ccc(F)cc1)Nc1ccccc1OCC1CCCCO1. The van der Waals surface area contributed by atoms with Crippen LogP contribution in [0.25, 0.3) is 0 Å². The summed E-state index contributed by atoms with van der Waals surface area (Å²) in [6, 6.07) is 13.0. The Balaban J connectivity index is 1.51. The zero-order valence-electron chi connectivity index (χ0n) is 14.5. The number of hydrogen-bond acceptors (Lipinski definition) is 3. The van der Waals surface area contributed by atoms with Crippen LogP contribution in [-0.4, -0.2) is 25.3 Å². The second-order valence-electron chi connectivity index (χ2n) is 6.23. The first-order valence-corrected chi connectivity index (χ1v) is 8.83. The van der Waals surface area contributed by atoms with Gasteiger partial charge in [-0.25, -0.2) is 9.18 Å². The van der Waals surface area contributed by atoms with E-state index < -0.39 is 0 Å². The van der Waals surface area contributed by atoms with Gasteiger partial charge in [-0.15, -0.1) is 0 Å². The molecule has 6 heteroatoms. The summed E-state index contributed by atoms with van der Waals surface area (Å²) in [6.07, 6.45) is 3.35. The molecule has 2 aromatic carbocycles. The molecule has 1 heterocycles. The molecule has 2 amide bonds. The molecule has 5 nitrogen and oxygen atoms in total. The molecule has 1 aliphatic heterocycles. The van der Waals surface area contributed by atoms with Gasteiger partial charge in [-0.3, -0.25) is 0 Å². The molecular weight excluding hydrogens is 335 g/mol. The number of nitrogens with one attached hydrogen (secondary N) is 2. The molecule has 26 heavy (non-hydrogen) atoms. The quantitative estimate of drug-likeness (QED) is 0.817. The lowest BCUT2D eigenvalue weighted by Gasteiger charge is -2.23. The Hall–Kier alpha value is -2.60. The molecule has 1 atom stereocenters. The number of anilines is 1.